The highest BCUT2D eigenvalue weighted by Crippen LogP contribution is 2.31. The van der Waals surface area contributed by atoms with E-state index in [1.807, 2.05) is 0 Å². The lowest BCUT2D eigenvalue weighted by molar-refractivity contribution is -0.137. The summed E-state index contributed by atoms with van der Waals surface area (Å²) in [5, 5.41) is 13.1. The highest BCUT2D eigenvalue weighted by molar-refractivity contribution is 7.17. The molecule has 0 aliphatic rings. The largest absolute Gasteiger partial charge is 0.491 e. The highest BCUT2D eigenvalue weighted by Gasteiger charge is 2.30. The lowest BCUT2D eigenvalue weighted by Gasteiger charge is -2.14. The molecule has 2 aromatic heterocycles. The molecule has 0 bridgehead atoms. The first kappa shape index (κ1) is 21.8. The average molecular weight is 440 g/mol. The van der Waals surface area contributed by atoms with E-state index in [4.69, 9.17) is 9.15 Å². The molecule has 30 heavy (non-hydrogen) atoms. The van der Waals surface area contributed by atoms with Crippen molar-refractivity contribution in [2.24, 2.45) is 0 Å². The number of aliphatic hydroxyl groups excluding tert-OH is 1. The molecule has 1 amide bonds. The molecule has 2 heterocycles. The molecule has 1 atom stereocenters. The molecular formula is C20H19F3N2O4S. The number of nitrogens with one attached hydrogen (secondary N) is 1. The topological polar surface area (TPSA) is 84.6 Å². The normalized spacial score (nSPS) is 12.6. The summed E-state index contributed by atoms with van der Waals surface area (Å²) in [6.45, 7) is 3.09. The minimum atomic E-state index is -4.48. The van der Waals surface area contributed by atoms with Crippen molar-refractivity contribution >= 4 is 17.2 Å². The van der Waals surface area contributed by atoms with Crippen LogP contribution < -0.4 is 10.1 Å². The maximum Gasteiger partial charge on any atom is 0.416 e. The van der Waals surface area contributed by atoms with E-state index in [-0.39, 0.29) is 18.9 Å². The van der Waals surface area contributed by atoms with Gasteiger partial charge in [0.05, 0.1) is 11.3 Å². The first-order valence-corrected chi connectivity index (χ1v) is 9.75. The maximum atomic E-state index is 12.7. The minimum absolute atomic E-state index is 0.0214. The van der Waals surface area contributed by atoms with E-state index in [1.165, 1.54) is 12.1 Å². The number of halogens is 3. The molecule has 160 valence electrons. The van der Waals surface area contributed by atoms with Crippen molar-refractivity contribution in [2.45, 2.75) is 26.1 Å². The van der Waals surface area contributed by atoms with Crippen LogP contribution in [0.25, 0.3) is 10.8 Å². The Morgan fingerprint density at radius 2 is 2.07 bits per heavy atom. The standard InChI is InChI=1S/C20H19F3N2O4S/c1-11-6-7-16(29-11)19-25-12(2)17(30-19)18(27)24-9-14(26)10-28-15-5-3-4-13(8-15)20(21,22)23/h3-8,14,26H,9-10H2,1-2H3,(H,24,27). The number of aliphatic hydroxyl groups is 1. The molecule has 0 spiro atoms. The van der Waals surface area contributed by atoms with Crippen LogP contribution >= 0.6 is 11.3 Å². The van der Waals surface area contributed by atoms with Crippen LogP contribution in [0.1, 0.15) is 26.7 Å². The van der Waals surface area contributed by atoms with Crippen LogP contribution in [0.15, 0.2) is 40.8 Å². The fourth-order valence-electron chi connectivity index (χ4n) is 2.57. The number of furan rings is 1. The number of carbonyl (C=O) groups is 1. The molecule has 0 aliphatic heterocycles. The van der Waals surface area contributed by atoms with Gasteiger partial charge in [0.2, 0.25) is 0 Å². The van der Waals surface area contributed by atoms with Gasteiger partial charge < -0.3 is 19.6 Å². The van der Waals surface area contributed by atoms with Gasteiger partial charge in [-0.1, -0.05) is 6.07 Å². The summed E-state index contributed by atoms with van der Waals surface area (Å²) >= 11 is 1.16. The van der Waals surface area contributed by atoms with E-state index in [2.05, 4.69) is 10.3 Å². The van der Waals surface area contributed by atoms with Crippen LogP contribution in [0.3, 0.4) is 0 Å². The minimum Gasteiger partial charge on any atom is -0.491 e. The zero-order chi connectivity index (χ0) is 21.9. The lowest BCUT2D eigenvalue weighted by Crippen LogP contribution is -2.35. The molecule has 0 radical (unpaired) electrons. The molecule has 2 N–H and O–H groups in total. The van der Waals surface area contributed by atoms with Crippen molar-refractivity contribution in [1.29, 1.82) is 0 Å². The Hall–Kier alpha value is -2.85. The molecule has 3 aromatic rings. The van der Waals surface area contributed by atoms with Gasteiger partial charge in [0.15, 0.2) is 10.8 Å². The van der Waals surface area contributed by atoms with Gasteiger partial charge in [-0.2, -0.15) is 13.2 Å². The van der Waals surface area contributed by atoms with Crippen LogP contribution in [-0.2, 0) is 6.18 Å². The predicted octanol–water partition coefficient (Wildman–Crippen LogP) is 4.21. The summed E-state index contributed by atoms with van der Waals surface area (Å²) in [4.78, 5) is 17.1. The molecular weight excluding hydrogens is 421 g/mol. The number of thiazole rings is 1. The first-order chi connectivity index (χ1) is 14.1. The molecule has 6 nitrogen and oxygen atoms in total. The van der Waals surface area contributed by atoms with Crippen molar-refractivity contribution in [2.75, 3.05) is 13.2 Å². The number of alkyl halides is 3. The Morgan fingerprint density at radius 1 is 1.30 bits per heavy atom. The van der Waals surface area contributed by atoms with Crippen LogP contribution in [0.5, 0.6) is 5.75 Å². The zero-order valence-electron chi connectivity index (χ0n) is 16.1. The van der Waals surface area contributed by atoms with Gasteiger partial charge in [-0.3, -0.25) is 4.79 Å². The summed E-state index contributed by atoms with van der Waals surface area (Å²) in [6, 6.07) is 7.93. The number of ether oxygens (including phenoxy) is 1. The van der Waals surface area contributed by atoms with E-state index in [0.29, 0.717) is 21.3 Å². The van der Waals surface area contributed by atoms with Crippen LogP contribution in [0.2, 0.25) is 0 Å². The van der Waals surface area contributed by atoms with E-state index in [0.717, 1.165) is 29.2 Å². The fraction of sp³-hybridized carbons (Fsp3) is 0.300. The number of hydrogen-bond acceptors (Lipinski definition) is 6. The average Bonchev–Trinajstić information content (AvgIpc) is 3.29. The third kappa shape index (κ3) is 5.39. The van der Waals surface area contributed by atoms with Gasteiger partial charge in [0, 0.05) is 6.54 Å². The summed E-state index contributed by atoms with van der Waals surface area (Å²) in [6.07, 6.45) is -5.59. The molecule has 0 saturated heterocycles. The summed E-state index contributed by atoms with van der Waals surface area (Å²) in [5.74, 6) is 0.853. The summed E-state index contributed by atoms with van der Waals surface area (Å²) in [5.41, 5.74) is -0.317. The number of aryl methyl sites for hydroxylation is 2. The van der Waals surface area contributed by atoms with E-state index < -0.39 is 23.8 Å². The Morgan fingerprint density at radius 3 is 2.73 bits per heavy atom. The van der Waals surface area contributed by atoms with Gasteiger partial charge in [-0.15, -0.1) is 11.3 Å². The lowest BCUT2D eigenvalue weighted by atomic mass is 10.2. The number of amides is 1. The third-order valence-electron chi connectivity index (χ3n) is 4.06. The number of benzene rings is 1. The Labute approximate surface area is 174 Å². The number of rotatable bonds is 7. The quantitative estimate of drug-likeness (QED) is 0.575. The van der Waals surface area contributed by atoms with Crippen molar-refractivity contribution in [1.82, 2.24) is 10.3 Å². The fourth-order valence-corrected chi connectivity index (χ4v) is 3.51. The molecule has 3 rings (SSSR count). The SMILES string of the molecule is Cc1ccc(-c2nc(C)c(C(=O)NCC(O)COc3cccc(C(F)(F)F)c3)s2)o1. The summed E-state index contributed by atoms with van der Waals surface area (Å²) < 4.78 is 48.9. The third-order valence-corrected chi connectivity index (χ3v) is 5.23. The Balaban J connectivity index is 1.53. The first-order valence-electron chi connectivity index (χ1n) is 8.94. The predicted molar refractivity (Wildman–Crippen MR) is 105 cm³/mol. The van der Waals surface area contributed by atoms with Crippen LogP contribution in [0.4, 0.5) is 13.2 Å². The maximum absolute atomic E-state index is 12.7. The van der Waals surface area contributed by atoms with Gasteiger partial charge in [0.1, 0.15) is 29.1 Å². The second-order valence-electron chi connectivity index (χ2n) is 6.54. The van der Waals surface area contributed by atoms with Gasteiger partial charge in [-0.05, 0) is 44.2 Å². The van der Waals surface area contributed by atoms with E-state index in [1.54, 1.807) is 26.0 Å². The molecule has 1 aromatic carbocycles. The highest BCUT2D eigenvalue weighted by atomic mass is 32.1. The number of hydrogen-bond donors (Lipinski definition) is 2. The van der Waals surface area contributed by atoms with E-state index >= 15 is 0 Å². The molecule has 1 unspecified atom stereocenters. The summed E-state index contributed by atoms with van der Waals surface area (Å²) in [7, 11) is 0. The van der Waals surface area contributed by atoms with Crippen molar-refractivity contribution in [3.8, 4) is 16.5 Å². The second kappa shape index (κ2) is 8.88. The van der Waals surface area contributed by atoms with Crippen LogP contribution in [0, 0.1) is 13.8 Å². The number of carbonyl (C=O) groups excluding carboxylic acids is 1. The smallest absolute Gasteiger partial charge is 0.416 e. The monoisotopic (exact) mass is 440 g/mol. The van der Waals surface area contributed by atoms with E-state index in [9.17, 15) is 23.1 Å². The van der Waals surface area contributed by atoms with Gasteiger partial charge in [-0.25, -0.2) is 4.98 Å². The van der Waals surface area contributed by atoms with Crippen LogP contribution in [-0.4, -0.2) is 35.3 Å². The molecule has 0 aliphatic carbocycles. The second-order valence-corrected chi connectivity index (χ2v) is 7.54. The van der Waals surface area contributed by atoms with Gasteiger partial charge in [0.25, 0.3) is 5.91 Å². The Kier molecular flexibility index (Phi) is 6.47. The molecule has 10 heteroatoms. The van der Waals surface area contributed by atoms with Crippen molar-refractivity contribution < 1.29 is 32.2 Å². The molecule has 0 saturated carbocycles. The molecule has 0 fully saturated rings. The van der Waals surface area contributed by atoms with Crippen molar-refractivity contribution in [3.05, 3.63) is 58.3 Å². The Bertz CT molecular complexity index is 1030. The zero-order valence-corrected chi connectivity index (χ0v) is 16.9. The number of nitrogens with zero attached hydrogens (tertiary/aromatic N) is 1. The van der Waals surface area contributed by atoms with Gasteiger partial charge >= 0.3 is 6.18 Å². The van der Waals surface area contributed by atoms with Crippen molar-refractivity contribution in [3.63, 3.8) is 0 Å². The number of aromatic nitrogens is 1.